The molecule has 1 fully saturated rings. The topological polar surface area (TPSA) is 79.5 Å². The van der Waals surface area contributed by atoms with Crippen LogP contribution in [-0.2, 0) is 28.5 Å². The third-order valence-electron chi connectivity index (χ3n) is 4.88. The summed E-state index contributed by atoms with van der Waals surface area (Å²) in [5.74, 6) is -0.925. The fourth-order valence-corrected chi connectivity index (χ4v) is 5.97. The van der Waals surface area contributed by atoms with E-state index in [0.717, 1.165) is 6.07 Å². The summed E-state index contributed by atoms with van der Waals surface area (Å²) in [6.45, 7) is 0.688. The Labute approximate surface area is 197 Å². The van der Waals surface area contributed by atoms with Crippen LogP contribution in [0.1, 0.15) is 17.9 Å². The van der Waals surface area contributed by atoms with Gasteiger partial charge in [-0.2, -0.15) is 8.78 Å². The molecule has 2 heterocycles. The summed E-state index contributed by atoms with van der Waals surface area (Å²) >= 11 is 4.43. The number of benzene rings is 2. The lowest BCUT2D eigenvalue weighted by molar-refractivity contribution is 0.116. The van der Waals surface area contributed by atoms with Gasteiger partial charge < -0.3 is 4.42 Å². The van der Waals surface area contributed by atoms with Crippen molar-refractivity contribution in [1.29, 1.82) is 0 Å². The SMILES string of the molecule is O=S1CCN(S(=O)N(Cc2ccc(-c3nnc(C(F)F)o3)cc2F)c2cccc(Cl)c2)CC1. The molecular formula is C20H18ClF3N4O3S2. The Morgan fingerprint density at radius 3 is 2.58 bits per heavy atom. The number of aromatic nitrogens is 2. The molecule has 1 unspecified atom stereocenters. The number of rotatable bonds is 7. The van der Waals surface area contributed by atoms with Crippen LogP contribution in [0.2, 0.25) is 5.02 Å². The molecule has 1 aliphatic rings. The molecular weight excluding hydrogens is 501 g/mol. The molecule has 1 atom stereocenters. The average Bonchev–Trinajstić information content (AvgIpc) is 3.29. The molecule has 2 aromatic carbocycles. The van der Waals surface area contributed by atoms with E-state index in [4.69, 9.17) is 16.0 Å². The van der Waals surface area contributed by atoms with Gasteiger partial charge in [0.15, 0.2) is 11.2 Å². The van der Waals surface area contributed by atoms with Gasteiger partial charge in [-0.25, -0.2) is 12.9 Å². The molecule has 1 saturated heterocycles. The Hall–Kier alpha value is -2.28. The van der Waals surface area contributed by atoms with E-state index in [2.05, 4.69) is 10.2 Å². The second-order valence-corrected chi connectivity index (χ2v) is 10.6. The van der Waals surface area contributed by atoms with Crippen molar-refractivity contribution in [1.82, 2.24) is 14.5 Å². The van der Waals surface area contributed by atoms with Crippen LogP contribution >= 0.6 is 11.6 Å². The quantitative estimate of drug-likeness (QED) is 0.470. The van der Waals surface area contributed by atoms with E-state index in [-0.39, 0.29) is 23.6 Å². The maximum absolute atomic E-state index is 15.0. The maximum atomic E-state index is 15.0. The highest BCUT2D eigenvalue weighted by atomic mass is 35.5. The smallest absolute Gasteiger partial charge is 0.314 e. The van der Waals surface area contributed by atoms with Crippen molar-refractivity contribution in [2.24, 2.45) is 0 Å². The van der Waals surface area contributed by atoms with E-state index >= 15 is 0 Å². The Morgan fingerprint density at radius 1 is 1.18 bits per heavy atom. The molecule has 4 rings (SSSR count). The molecule has 13 heteroatoms. The zero-order valence-corrected chi connectivity index (χ0v) is 19.4. The van der Waals surface area contributed by atoms with Gasteiger partial charge in [0.25, 0.3) is 5.89 Å². The summed E-state index contributed by atoms with van der Waals surface area (Å²) in [5.41, 5.74) is 0.875. The fourth-order valence-electron chi connectivity index (χ4n) is 3.19. The second kappa shape index (κ2) is 10.3. The molecule has 0 radical (unpaired) electrons. The number of nitrogens with zero attached hydrogens (tertiary/aromatic N) is 4. The normalized spacial score (nSPS) is 16.3. The van der Waals surface area contributed by atoms with Crippen molar-refractivity contribution < 1.29 is 26.0 Å². The van der Waals surface area contributed by atoms with Gasteiger partial charge in [0.05, 0.1) is 12.2 Å². The highest BCUT2D eigenvalue weighted by Gasteiger charge is 2.27. The lowest BCUT2D eigenvalue weighted by atomic mass is 10.1. The van der Waals surface area contributed by atoms with E-state index in [9.17, 15) is 21.6 Å². The zero-order valence-electron chi connectivity index (χ0n) is 17.0. The molecule has 176 valence electrons. The fraction of sp³-hybridized carbons (Fsp3) is 0.300. The van der Waals surface area contributed by atoms with Crippen molar-refractivity contribution in [3.63, 3.8) is 0 Å². The number of hydrogen-bond donors (Lipinski definition) is 0. The van der Waals surface area contributed by atoms with Gasteiger partial charge in [-0.3, -0.25) is 8.51 Å². The number of alkyl halides is 2. The Kier molecular flexibility index (Phi) is 7.47. The van der Waals surface area contributed by atoms with Crippen LogP contribution in [-0.4, -0.2) is 47.5 Å². The largest absolute Gasteiger partial charge is 0.415 e. The second-order valence-electron chi connectivity index (χ2n) is 7.08. The van der Waals surface area contributed by atoms with Crippen LogP contribution in [0, 0.1) is 5.82 Å². The molecule has 0 aliphatic carbocycles. The summed E-state index contributed by atoms with van der Waals surface area (Å²) in [6.07, 6.45) is -2.93. The molecule has 1 aliphatic heterocycles. The van der Waals surface area contributed by atoms with Crippen LogP contribution in [0.5, 0.6) is 0 Å². The molecule has 3 aromatic rings. The maximum Gasteiger partial charge on any atom is 0.314 e. The summed E-state index contributed by atoms with van der Waals surface area (Å²) in [6, 6.07) is 10.7. The molecule has 0 N–H and O–H groups in total. The minimum absolute atomic E-state index is 0.0647. The summed E-state index contributed by atoms with van der Waals surface area (Å²) in [5, 5.41) is 7.19. The monoisotopic (exact) mass is 518 g/mol. The van der Waals surface area contributed by atoms with Crippen LogP contribution in [0.15, 0.2) is 46.9 Å². The first-order valence-corrected chi connectivity index (χ1v) is 12.7. The minimum atomic E-state index is -2.93. The van der Waals surface area contributed by atoms with Gasteiger partial charge in [-0.1, -0.05) is 23.7 Å². The molecule has 1 aromatic heterocycles. The Bertz CT molecular complexity index is 1190. The van der Waals surface area contributed by atoms with Crippen molar-refractivity contribution in [3.05, 3.63) is 64.8 Å². The van der Waals surface area contributed by atoms with E-state index in [0.29, 0.717) is 35.3 Å². The zero-order chi connectivity index (χ0) is 23.5. The predicted octanol–water partition coefficient (Wildman–Crippen LogP) is 4.12. The summed E-state index contributed by atoms with van der Waals surface area (Å²) < 4.78 is 73.5. The van der Waals surface area contributed by atoms with Crippen molar-refractivity contribution in [2.45, 2.75) is 13.0 Å². The highest BCUT2D eigenvalue weighted by Crippen LogP contribution is 2.28. The van der Waals surface area contributed by atoms with Crippen LogP contribution in [0.3, 0.4) is 0 Å². The number of halogens is 4. The van der Waals surface area contributed by atoms with Gasteiger partial charge in [0.1, 0.15) is 5.82 Å². The molecule has 0 saturated carbocycles. The van der Waals surface area contributed by atoms with Crippen molar-refractivity contribution in [3.8, 4) is 11.5 Å². The first-order chi connectivity index (χ1) is 15.8. The number of hydrogen-bond acceptors (Lipinski definition) is 5. The standard InChI is InChI=1S/C20H18ClF3N4O3S2/c21-15-2-1-3-16(11-15)28(33(30)27-6-8-32(29)9-7-27)12-14-5-4-13(10-17(14)22)19-25-26-20(31-19)18(23)24/h1-5,10-11,18H,6-9,12H2. The van der Waals surface area contributed by atoms with Crippen LogP contribution in [0.25, 0.3) is 11.5 Å². The van der Waals surface area contributed by atoms with E-state index in [1.54, 1.807) is 28.6 Å². The Balaban J connectivity index is 1.61. The summed E-state index contributed by atoms with van der Waals surface area (Å²) in [7, 11) is -0.945. The molecule has 7 nitrogen and oxygen atoms in total. The molecule has 0 bridgehead atoms. The number of anilines is 1. The lowest BCUT2D eigenvalue weighted by Gasteiger charge is -2.32. The molecule has 0 amide bonds. The van der Waals surface area contributed by atoms with E-state index in [1.165, 1.54) is 16.4 Å². The lowest BCUT2D eigenvalue weighted by Crippen LogP contribution is -2.45. The van der Waals surface area contributed by atoms with Gasteiger partial charge in [-0.05, 0) is 30.3 Å². The first-order valence-electron chi connectivity index (χ1n) is 9.77. The van der Waals surface area contributed by atoms with Gasteiger partial charge in [0.2, 0.25) is 5.89 Å². The van der Waals surface area contributed by atoms with Gasteiger partial charge in [-0.15, -0.1) is 10.2 Å². The highest BCUT2D eigenvalue weighted by molar-refractivity contribution is 7.86. The van der Waals surface area contributed by atoms with E-state index in [1.807, 2.05) is 0 Å². The van der Waals surface area contributed by atoms with Gasteiger partial charge in [0, 0.05) is 51.5 Å². The van der Waals surface area contributed by atoms with E-state index < -0.39 is 40.1 Å². The summed E-state index contributed by atoms with van der Waals surface area (Å²) in [4.78, 5) is 0. The van der Waals surface area contributed by atoms with Crippen LogP contribution < -0.4 is 4.31 Å². The predicted molar refractivity (Wildman–Crippen MR) is 120 cm³/mol. The van der Waals surface area contributed by atoms with Crippen molar-refractivity contribution in [2.75, 3.05) is 28.9 Å². The molecule has 0 spiro atoms. The first kappa shape index (κ1) is 23.9. The van der Waals surface area contributed by atoms with Gasteiger partial charge >= 0.3 is 6.43 Å². The van der Waals surface area contributed by atoms with Crippen molar-refractivity contribution >= 4 is 39.3 Å². The average molecular weight is 519 g/mol. The molecule has 33 heavy (non-hydrogen) atoms. The third-order valence-corrected chi connectivity index (χ3v) is 7.92. The minimum Gasteiger partial charge on any atom is -0.415 e. The third kappa shape index (κ3) is 5.62. The Morgan fingerprint density at radius 2 is 1.94 bits per heavy atom. The van der Waals surface area contributed by atoms with Crippen LogP contribution in [0.4, 0.5) is 18.9 Å².